The molecule has 3 N–H and O–H groups in total. The van der Waals surface area contributed by atoms with Gasteiger partial charge in [0.15, 0.2) is 5.69 Å². The molecule has 1 heterocycles. The van der Waals surface area contributed by atoms with Crippen molar-refractivity contribution >= 4 is 35.0 Å². The first-order valence-corrected chi connectivity index (χ1v) is 5.99. The topological polar surface area (TPSA) is 86.9 Å². The average molecular weight is 279 g/mol. The number of aromatic nitrogens is 2. The Morgan fingerprint density at radius 1 is 1.18 bits per heavy atom. The summed E-state index contributed by atoms with van der Waals surface area (Å²) in [5.41, 5.74) is 0.359. The number of alkyl halides is 2. The van der Waals surface area contributed by atoms with E-state index in [1.807, 2.05) is 0 Å². The van der Waals surface area contributed by atoms with Crippen molar-refractivity contribution in [3.05, 3.63) is 17.5 Å². The molecule has 0 fully saturated rings. The molecule has 0 atom stereocenters. The largest absolute Gasteiger partial charge is 0.350 e. The second kappa shape index (κ2) is 7.13. The fourth-order valence-electron chi connectivity index (χ4n) is 1.06. The van der Waals surface area contributed by atoms with Crippen LogP contribution >= 0.6 is 23.2 Å². The lowest BCUT2D eigenvalue weighted by atomic mass is 10.3. The minimum Gasteiger partial charge on any atom is -0.350 e. The highest BCUT2D eigenvalue weighted by molar-refractivity contribution is 6.18. The van der Waals surface area contributed by atoms with Crippen molar-refractivity contribution in [2.45, 2.75) is 0 Å². The minimum absolute atomic E-state index is 0.145. The van der Waals surface area contributed by atoms with Gasteiger partial charge in [-0.2, -0.15) is 5.10 Å². The van der Waals surface area contributed by atoms with Crippen LogP contribution in [-0.2, 0) is 0 Å². The predicted molar refractivity (Wildman–Crippen MR) is 64.7 cm³/mol. The van der Waals surface area contributed by atoms with E-state index in [1.165, 1.54) is 6.07 Å². The molecule has 0 radical (unpaired) electrons. The molecule has 17 heavy (non-hydrogen) atoms. The van der Waals surface area contributed by atoms with E-state index >= 15 is 0 Å². The van der Waals surface area contributed by atoms with E-state index in [0.29, 0.717) is 24.8 Å². The summed E-state index contributed by atoms with van der Waals surface area (Å²) in [7, 11) is 0. The SMILES string of the molecule is O=C(NCCCl)c1cc(C(=O)NCCCl)[nH]n1. The monoisotopic (exact) mass is 278 g/mol. The van der Waals surface area contributed by atoms with E-state index in [-0.39, 0.29) is 23.2 Å². The summed E-state index contributed by atoms with van der Waals surface area (Å²) in [4.78, 5) is 22.9. The molecule has 0 aromatic carbocycles. The minimum atomic E-state index is -0.377. The Morgan fingerprint density at radius 3 is 2.35 bits per heavy atom. The van der Waals surface area contributed by atoms with Crippen molar-refractivity contribution in [2.24, 2.45) is 0 Å². The normalized spacial score (nSPS) is 10.0. The van der Waals surface area contributed by atoms with Crippen LogP contribution in [0.3, 0.4) is 0 Å². The molecule has 0 aliphatic rings. The van der Waals surface area contributed by atoms with Gasteiger partial charge in [0.2, 0.25) is 0 Å². The van der Waals surface area contributed by atoms with Gasteiger partial charge in [-0.15, -0.1) is 23.2 Å². The maximum atomic E-state index is 11.5. The van der Waals surface area contributed by atoms with Crippen LogP contribution in [0.2, 0.25) is 0 Å². The molecule has 0 aliphatic heterocycles. The molecule has 1 rings (SSSR count). The van der Waals surface area contributed by atoms with Crippen molar-refractivity contribution < 1.29 is 9.59 Å². The van der Waals surface area contributed by atoms with Gasteiger partial charge in [-0.25, -0.2) is 0 Å². The van der Waals surface area contributed by atoms with Gasteiger partial charge >= 0.3 is 0 Å². The number of amides is 2. The summed E-state index contributed by atoms with van der Waals surface area (Å²) in [6.07, 6.45) is 0. The third kappa shape index (κ3) is 4.24. The Morgan fingerprint density at radius 2 is 1.76 bits per heavy atom. The van der Waals surface area contributed by atoms with Gasteiger partial charge in [-0.3, -0.25) is 14.7 Å². The van der Waals surface area contributed by atoms with Crippen molar-refractivity contribution in [2.75, 3.05) is 24.8 Å². The molecule has 0 bridgehead atoms. The predicted octanol–water partition coefficient (Wildman–Crippen LogP) is 0.347. The number of hydrogen-bond acceptors (Lipinski definition) is 3. The van der Waals surface area contributed by atoms with E-state index in [4.69, 9.17) is 23.2 Å². The van der Waals surface area contributed by atoms with Crippen molar-refractivity contribution in [3.63, 3.8) is 0 Å². The van der Waals surface area contributed by atoms with Crippen LogP contribution in [0, 0.1) is 0 Å². The number of halogens is 2. The van der Waals surface area contributed by atoms with Gasteiger partial charge < -0.3 is 10.6 Å². The van der Waals surface area contributed by atoms with Crippen molar-refractivity contribution in [1.29, 1.82) is 0 Å². The molecular formula is C9H12Cl2N4O2. The Hall–Kier alpha value is -1.27. The number of carbonyl (C=O) groups excluding carboxylic acids is 2. The van der Waals surface area contributed by atoms with Crippen LogP contribution in [-0.4, -0.2) is 46.9 Å². The molecule has 0 saturated heterocycles. The molecule has 6 nitrogen and oxygen atoms in total. The zero-order chi connectivity index (χ0) is 12.7. The Kier molecular flexibility index (Phi) is 5.79. The Balaban J connectivity index is 2.58. The van der Waals surface area contributed by atoms with Crippen molar-refractivity contribution in [1.82, 2.24) is 20.8 Å². The number of H-pyrrole nitrogens is 1. The Labute approximate surface area is 108 Å². The number of nitrogens with zero attached hydrogens (tertiary/aromatic N) is 1. The smallest absolute Gasteiger partial charge is 0.271 e. The zero-order valence-electron chi connectivity index (χ0n) is 8.93. The van der Waals surface area contributed by atoms with Gasteiger partial charge in [0.25, 0.3) is 11.8 Å². The van der Waals surface area contributed by atoms with Crippen LogP contribution in [0.1, 0.15) is 21.0 Å². The second-order valence-electron chi connectivity index (χ2n) is 3.06. The van der Waals surface area contributed by atoms with Crippen LogP contribution in [0.4, 0.5) is 0 Å². The lowest BCUT2D eigenvalue weighted by Crippen LogP contribution is -2.26. The van der Waals surface area contributed by atoms with Crippen molar-refractivity contribution in [3.8, 4) is 0 Å². The Bertz CT molecular complexity index is 360. The first kappa shape index (κ1) is 13.8. The van der Waals surface area contributed by atoms with E-state index in [1.54, 1.807) is 0 Å². The van der Waals surface area contributed by atoms with E-state index in [9.17, 15) is 9.59 Å². The van der Waals surface area contributed by atoms with E-state index in [2.05, 4.69) is 20.8 Å². The fraction of sp³-hybridized carbons (Fsp3) is 0.444. The third-order valence-electron chi connectivity index (χ3n) is 1.82. The first-order valence-electron chi connectivity index (χ1n) is 4.92. The molecule has 8 heteroatoms. The summed E-state index contributed by atoms with van der Waals surface area (Å²) in [5, 5.41) is 11.3. The highest BCUT2D eigenvalue weighted by Gasteiger charge is 2.13. The highest BCUT2D eigenvalue weighted by atomic mass is 35.5. The first-order chi connectivity index (χ1) is 8.19. The molecule has 0 aliphatic carbocycles. The third-order valence-corrected chi connectivity index (χ3v) is 2.19. The number of rotatable bonds is 6. The quantitative estimate of drug-likeness (QED) is 0.656. The molecule has 0 saturated carbocycles. The average Bonchev–Trinajstić information content (AvgIpc) is 2.82. The maximum Gasteiger partial charge on any atom is 0.271 e. The summed E-state index contributed by atoms with van der Waals surface area (Å²) in [5.74, 6) is -0.0878. The maximum absolute atomic E-state index is 11.5. The summed E-state index contributed by atoms with van der Waals surface area (Å²) >= 11 is 10.9. The fourth-order valence-corrected chi connectivity index (χ4v) is 1.25. The van der Waals surface area contributed by atoms with Crippen LogP contribution in [0.25, 0.3) is 0 Å². The molecule has 94 valence electrons. The van der Waals surface area contributed by atoms with E-state index < -0.39 is 0 Å². The van der Waals surface area contributed by atoms with Gasteiger partial charge in [0.05, 0.1) is 0 Å². The number of nitrogens with one attached hydrogen (secondary N) is 3. The number of hydrogen-bond donors (Lipinski definition) is 3. The molecule has 1 aromatic rings. The summed E-state index contributed by atoms with van der Waals surface area (Å²) in [6, 6.07) is 1.37. The lowest BCUT2D eigenvalue weighted by molar-refractivity contribution is 0.0945. The second-order valence-corrected chi connectivity index (χ2v) is 3.81. The van der Waals surface area contributed by atoms with Gasteiger partial charge in [-0.1, -0.05) is 0 Å². The van der Waals surface area contributed by atoms with Crippen LogP contribution in [0.15, 0.2) is 6.07 Å². The molecule has 0 unspecified atom stereocenters. The molecule has 1 aromatic heterocycles. The summed E-state index contributed by atoms with van der Waals surface area (Å²) < 4.78 is 0. The van der Waals surface area contributed by atoms with Gasteiger partial charge in [0, 0.05) is 30.9 Å². The molecule has 0 spiro atoms. The molecular weight excluding hydrogens is 267 g/mol. The number of carbonyl (C=O) groups is 2. The summed E-state index contributed by atoms with van der Waals surface area (Å²) in [6.45, 7) is 0.703. The van der Waals surface area contributed by atoms with Crippen LogP contribution in [0.5, 0.6) is 0 Å². The highest BCUT2D eigenvalue weighted by Crippen LogP contribution is 1.99. The van der Waals surface area contributed by atoms with Gasteiger partial charge in [-0.05, 0) is 0 Å². The van der Waals surface area contributed by atoms with Gasteiger partial charge in [0.1, 0.15) is 5.69 Å². The zero-order valence-corrected chi connectivity index (χ0v) is 10.4. The standard InChI is InChI=1S/C9H12Cl2N4O2/c10-1-3-12-8(16)6-5-7(15-14-6)9(17)13-4-2-11/h5H,1-4H2,(H,12,16)(H,13,17)(H,14,15). The molecule has 2 amide bonds. The lowest BCUT2D eigenvalue weighted by Gasteiger charge is -1.98. The van der Waals surface area contributed by atoms with Crippen LogP contribution < -0.4 is 10.6 Å². The number of aromatic amines is 1. The van der Waals surface area contributed by atoms with E-state index in [0.717, 1.165) is 0 Å².